The van der Waals surface area contributed by atoms with Gasteiger partial charge in [-0.05, 0) is 29.2 Å². The van der Waals surface area contributed by atoms with Crippen LogP contribution in [0.25, 0.3) is 0 Å². The molecule has 0 bridgehead atoms. The molecule has 3 nitrogen and oxygen atoms in total. The highest BCUT2D eigenvalue weighted by Crippen LogP contribution is 2.27. The van der Waals surface area contributed by atoms with Gasteiger partial charge in [0, 0.05) is 5.02 Å². The zero-order valence-corrected chi connectivity index (χ0v) is 9.45. The fourth-order valence-electron chi connectivity index (χ4n) is 1.47. The Balaban J connectivity index is 3.24. The van der Waals surface area contributed by atoms with Gasteiger partial charge in [0.05, 0.1) is 0 Å². The Morgan fingerprint density at radius 2 is 2.00 bits per heavy atom. The molecule has 0 saturated heterocycles. The molecule has 0 heterocycles. The summed E-state index contributed by atoms with van der Waals surface area (Å²) < 4.78 is 0. The minimum atomic E-state index is -1.04. The van der Waals surface area contributed by atoms with Crippen LogP contribution in [0.3, 0.4) is 0 Å². The van der Waals surface area contributed by atoms with Gasteiger partial charge in [0.25, 0.3) is 0 Å². The van der Waals surface area contributed by atoms with E-state index in [0.29, 0.717) is 10.6 Å². The van der Waals surface area contributed by atoms with Crippen LogP contribution >= 0.6 is 11.6 Å². The van der Waals surface area contributed by atoms with Crippen molar-refractivity contribution in [1.29, 1.82) is 0 Å². The van der Waals surface area contributed by atoms with Crippen molar-refractivity contribution in [3.8, 4) is 0 Å². The number of hydrogen-bond donors (Lipinski definition) is 2. The van der Waals surface area contributed by atoms with Crippen LogP contribution in [-0.2, 0) is 4.79 Å². The summed E-state index contributed by atoms with van der Waals surface area (Å²) in [6.07, 6.45) is 0. The molecule has 1 aromatic rings. The maximum absolute atomic E-state index is 10.8. The fraction of sp³-hybridized carbons (Fsp3) is 0.364. The van der Waals surface area contributed by atoms with E-state index in [-0.39, 0.29) is 5.92 Å². The first-order valence-electron chi connectivity index (χ1n) is 4.71. The van der Waals surface area contributed by atoms with Gasteiger partial charge in [0.2, 0.25) is 0 Å². The molecule has 1 unspecified atom stereocenters. The highest BCUT2D eigenvalue weighted by Gasteiger charge is 2.19. The summed E-state index contributed by atoms with van der Waals surface area (Å²) in [5.41, 5.74) is 7.10. The van der Waals surface area contributed by atoms with Crippen LogP contribution in [0.15, 0.2) is 18.2 Å². The third kappa shape index (κ3) is 2.70. The number of halogens is 1. The van der Waals surface area contributed by atoms with Gasteiger partial charge in [-0.15, -0.1) is 0 Å². The van der Waals surface area contributed by atoms with E-state index in [2.05, 4.69) is 0 Å². The largest absolute Gasteiger partial charge is 0.480 e. The molecule has 0 aliphatic heterocycles. The Hall–Kier alpha value is -1.06. The summed E-state index contributed by atoms with van der Waals surface area (Å²) in [6.45, 7) is 3.97. The van der Waals surface area contributed by atoms with Crippen molar-refractivity contribution in [3.05, 3.63) is 34.3 Å². The quantitative estimate of drug-likeness (QED) is 0.834. The van der Waals surface area contributed by atoms with Crippen LogP contribution in [0.1, 0.15) is 36.9 Å². The summed E-state index contributed by atoms with van der Waals surface area (Å²) in [5, 5.41) is 9.37. The molecule has 15 heavy (non-hydrogen) atoms. The Morgan fingerprint density at radius 1 is 1.40 bits per heavy atom. The van der Waals surface area contributed by atoms with E-state index in [0.717, 1.165) is 5.56 Å². The Morgan fingerprint density at radius 3 is 2.47 bits per heavy atom. The van der Waals surface area contributed by atoms with Gasteiger partial charge in [-0.2, -0.15) is 0 Å². The third-order valence-electron chi connectivity index (χ3n) is 2.27. The first-order chi connectivity index (χ1) is 6.93. The second-order valence-electron chi connectivity index (χ2n) is 3.74. The summed E-state index contributed by atoms with van der Waals surface area (Å²) in [6, 6.07) is 4.18. The second kappa shape index (κ2) is 4.64. The number of aliphatic carboxylic acids is 1. The van der Waals surface area contributed by atoms with Gasteiger partial charge in [-0.3, -0.25) is 4.79 Å². The molecular weight excluding hydrogens is 214 g/mol. The Bertz CT molecular complexity index is 377. The number of carboxylic acids is 1. The molecule has 0 saturated carbocycles. The van der Waals surface area contributed by atoms with Gasteiger partial charge < -0.3 is 10.8 Å². The average Bonchev–Trinajstić information content (AvgIpc) is 2.15. The number of carbonyl (C=O) groups is 1. The van der Waals surface area contributed by atoms with E-state index in [4.69, 9.17) is 22.4 Å². The van der Waals surface area contributed by atoms with Crippen LogP contribution in [0.4, 0.5) is 0 Å². The van der Waals surface area contributed by atoms with Crippen molar-refractivity contribution >= 4 is 17.6 Å². The van der Waals surface area contributed by atoms with Crippen molar-refractivity contribution in [1.82, 2.24) is 0 Å². The predicted octanol–water partition coefficient (Wildman–Crippen LogP) is 2.55. The molecule has 0 aliphatic carbocycles. The summed E-state index contributed by atoms with van der Waals surface area (Å²) in [4.78, 5) is 10.8. The van der Waals surface area contributed by atoms with E-state index in [1.54, 1.807) is 12.1 Å². The van der Waals surface area contributed by atoms with Crippen molar-refractivity contribution in [3.63, 3.8) is 0 Å². The number of carboxylic acid groups (broad SMARTS) is 1. The normalized spacial score (nSPS) is 12.9. The number of nitrogens with two attached hydrogens (primary N) is 1. The first kappa shape index (κ1) is 12.0. The molecule has 82 valence electrons. The summed E-state index contributed by atoms with van der Waals surface area (Å²) in [5.74, 6) is -0.818. The molecule has 0 fully saturated rings. The van der Waals surface area contributed by atoms with Gasteiger partial charge >= 0.3 is 5.97 Å². The second-order valence-corrected chi connectivity index (χ2v) is 4.18. The van der Waals surface area contributed by atoms with Crippen molar-refractivity contribution < 1.29 is 9.90 Å². The zero-order valence-electron chi connectivity index (χ0n) is 8.70. The summed E-state index contributed by atoms with van der Waals surface area (Å²) in [7, 11) is 0. The minimum absolute atomic E-state index is 0.225. The van der Waals surface area contributed by atoms with Crippen molar-refractivity contribution in [2.24, 2.45) is 5.73 Å². The van der Waals surface area contributed by atoms with Crippen LogP contribution < -0.4 is 5.73 Å². The molecule has 0 aromatic heterocycles. The molecule has 1 aromatic carbocycles. The van der Waals surface area contributed by atoms with Crippen molar-refractivity contribution in [2.45, 2.75) is 25.8 Å². The lowest BCUT2D eigenvalue weighted by molar-refractivity contribution is -0.138. The maximum atomic E-state index is 10.8. The Labute approximate surface area is 93.9 Å². The van der Waals surface area contributed by atoms with Crippen molar-refractivity contribution in [2.75, 3.05) is 0 Å². The van der Waals surface area contributed by atoms with Crippen LogP contribution in [0, 0.1) is 0 Å². The molecule has 1 rings (SSSR count). The monoisotopic (exact) mass is 227 g/mol. The van der Waals surface area contributed by atoms with E-state index in [9.17, 15) is 4.79 Å². The average molecular weight is 228 g/mol. The molecule has 3 N–H and O–H groups in total. The molecule has 0 spiro atoms. The van der Waals surface area contributed by atoms with E-state index in [1.807, 2.05) is 19.9 Å². The van der Waals surface area contributed by atoms with E-state index in [1.165, 1.54) is 0 Å². The molecule has 0 amide bonds. The molecule has 4 heteroatoms. The molecule has 0 aliphatic rings. The number of benzene rings is 1. The van der Waals surface area contributed by atoms with Crippen LogP contribution in [-0.4, -0.2) is 11.1 Å². The topological polar surface area (TPSA) is 63.3 Å². The lowest BCUT2D eigenvalue weighted by Gasteiger charge is -2.16. The number of rotatable bonds is 3. The van der Waals surface area contributed by atoms with E-state index < -0.39 is 12.0 Å². The van der Waals surface area contributed by atoms with Gasteiger partial charge in [0.15, 0.2) is 0 Å². The standard InChI is InChI=1S/C11H14ClNO2/c1-6(2)8-4-3-7(12)5-9(8)10(13)11(14)15/h3-6,10H,13H2,1-2H3,(H,14,15). The van der Waals surface area contributed by atoms with Gasteiger partial charge in [-0.25, -0.2) is 0 Å². The highest BCUT2D eigenvalue weighted by atomic mass is 35.5. The fourth-order valence-corrected chi connectivity index (χ4v) is 1.65. The Kier molecular flexibility index (Phi) is 3.72. The van der Waals surface area contributed by atoms with Crippen LogP contribution in [0.5, 0.6) is 0 Å². The molecular formula is C11H14ClNO2. The maximum Gasteiger partial charge on any atom is 0.325 e. The zero-order chi connectivity index (χ0) is 11.6. The van der Waals surface area contributed by atoms with E-state index >= 15 is 0 Å². The molecule has 1 atom stereocenters. The number of hydrogen-bond acceptors (Lipinski definition) is 2. The first-order valence-corrected chi connectivity index (χ1v) is 5.09. The van der Waals surface area contributed by atoms with Gasteiger partial charge in [0.1, 0.15) is 6.04 Å². The van der Waals surface area contributed by atoms with Gasteiger partial charge in [-0.1, -0.05) is 31.5 Å². The highest BCUT2D eigenvalue weighted by molar-refractivity contribution is 6.30. The molecule has 0 radical (unpaired) electrons. The smallest absolute Gasteiger partial charge is 0.325 e. The third-order valence-corrected chi connectivity index (χ3v) is 2.51. The predicted molar refractivity (Wildman–Crippen MR) is 60.1 cm³/mol. The lowest BCUT2D eigenvalue weighted by atomic mass is 9.93. The SMILES string of the molecule is CC(C)c1ccc(Cl)cc1C(N)C(=O)O. The summed E-state index contributed by atoms with van der Waals surface area (Å²) >= 11 is 5.82. The minimum Gasteiger partial charge on any atom is -0.480 e. The van der Waals surface area contributed by atoms with Crippen LogP contribution in [0.2, 0.25) is 5.02 Å². The lowest BCUT2D eigenvalue weighted by Crippen LogP contribution is -2.22.